The van der Waals surface area contributed by atoms with Gasteiger partial charge in [0.2, 0.25) is 0 Å². The van der Waals surface area contributed by atoms with E-state index >= 15 is 0 Å². The molecular weight excluding hydrogens is 411 g/mol. The predicted octanol–water partition coefficient (Wildman–Crippen LogP) is 4.35. The summed E-state index contributed by atoms with van der Waals surface area (Å²) in [6.45, 7) is 1.63. The lowest BCUT2D eigenvalue weighted by Gasteiger charge is -2.37. The molecule has 1 amide bonds. The number of carbonyl (C=O) groups is 1. The van der Waals surface area contributed by atoms with E-state index in [1.165, 1.54) is 12.1 Å². The number of hydrogen-bond donors (Lipinski definition) is 1. The Morgan fingerprint density at radius 2 is 1.91 bits per heavy atom. The lowest BCUT2D eigenvalue weighted by atomic mass is 9.74. The summed E-state index contributed by atoms with van der Waals surface area (Å²) in [4.78, 5) is 12.7. The van der Waals surface area contributed by atoms with Gasteiger partial charge in [-0.15, -0.1) is 0 Å². The van der Waals surface area contributed by atoms with Crippen LogP contribution in [0.4, 0.5) is 4.39 Å². The SMILES string of the molecule is N#Cc1ccc(OCc2ccc(C(=O)NCC3(c4cccc(F)c4)CCOCC3)o2)cc1. The van der Waals surface area contributed by atoms with Crippen LogP contribution in [0.1, 0.15) is 40.3 Å². The Hall–Kier alpha value is -3.63. The molecule has 0 unspecified atom stereocenters. The summed E-state index contributed by atoms with van der Waals surface area (Å²) in [6.07, 6.45) is 1.39. The first-order valence-electron chi connectivity index (χ1n) is 10.4. The highest BCUT2D eigenvalue weighted by Gasteiger charge is 2.35. The number of rotatable bonds is 7. The molecule has 1 fully saturated rings. The van der Waals surface area contributed by atoms with Crippen molar-refractivity contribution in [3.63, 3.8) is 0 Å². The van der Waals surface area contributed by atoms with Crippen molar-refractivity contribution in [1.82, 2.24) is 5.32 Å². The summed E-state index contributed by atoms with van der Waals surface area (Å²) in [5, 5.41) is 11.8. The number of carbonyl (C=O) groups excluding carboxylic acids is 1. The van der Waals surface area contributed by atoms with Gasteiger partial charge in [0, 0.05) is 25.2 Å². The molecule has 2 aromatic carbocycles. The fourth-order valence-electron chi connectivity index (χ4n) is 3.84. The van der Waals surface area contributed by atoms with Crippen molar-refractivity contribution in [2.24, 2.45) is 0 Å². The van der Waals surface area contributed by atoms with Crippen molar-refractivity contribution < 1.29 is 23.1 Å². The molecule has 0 spiro atoms. The molecule has 7 heteroatoms. The van der Waals surface area contributed by atoms with Crippen LogP contribution >= 0.6 is 0 Å². The lowest BCUT2D eigenvalue weighted by Crippen LogP contribution is -2.44. The number of nitrogens with one attached hydrogen (secondary N) is 1. The van der Waals surface area contributed by atoms with E-state index in [-0.39, 0.29) is 29.5 Å². The molecule has 1 aromatic heterocycles. The van der Waals surface area contributed by atoms with Gasteiger partial charge < -0.3 is 19.2 Å². The van der Waals surface area contributed by atoms with Crippen molar-refractivity contribution in [2.45, 2.75) is 24.9 Å². The van der Waals surface area contributed by atoms with Crippen LogP contribution in [-0.4, -0.2) is 25.7 Å². The van der Waals surface area contributed by atoms with Gasteiger partial charge in [0.05, 0.1) is 11.6 Å². The van der Waals surface area contributed by atoms with Gasteiger partial charge in [-0.05, 0) is 66.9 Å². The van der Waals surface area contributed by atoms with Crippen LogP contribution in [0.25, 0.3) is 0 Å². The molecule has 4 rings (SSSR count). The van der Waals surface area contributed by atoms with Crippen molar-refractivity contribution in [3.05, 3.63) is 89.1 Å². The number of nitriles is 1. The second-order valence-corrected chi connectivity index (χ2v) is 7.78. The van der Waals surface area contributed by atoms with E-state index in [2.05, 4.69) is 11.4 Å². The summed E-state index contributed by atoms with van der Waals surface area (Å²) in [7, 11) is 0. The maximum Gasteiger partial charge on any atom is 0.287 e. The zero-order valence-corrected chi connectivity index (χ0v) is 17.5. The highest BCUT2D eigenvalue weighted by molar-refractivity contribution is 5.91. The Balaban J connectivity index is 1.38. The van der Waals surface area contributed by atoms with E-state index in [0.29, 0.717) is 49.7 Å². The van der Waals surface area contributed by atoms with E-state index in [0.717, 1.165) is 5.56 Å². The molecule has 0 saturated carbocycles. The topological polar surface area (TPSA) is 84.5 Å². The number of ether oxygens (including phenoxy) is 2. The predicted molar refractivity (Wildman–Crippen MR) is 115 cm³/mol. The Morgan fingerprint density at radius 3 is 2.62 bits per heavy atom. The Kier molecular flexibility index (Phi) is 6.52. The Bertz CT molecular complexity index is 1110. The second kappa shape index (κ2) is 9.67. The van der Waals surface area contributed by atoms with Crippen molar-refractivity contribution in [3.8, 4) is 11.8 Å². The molecule has 32 heavy (non-hydrogen) atoms. The third-order valence-electron chi connectivity index (χ3n) is 5.72. The average Bonchev–Trinajstić information content (AvgIpc) is 3.31. The lowest BCUT2D eigenvalue weighted by molar-refractivity contribution is 0.0483. The Morgan fingerprint density at radius 1 is 1.12 bits per heavy atom. The minimum Gasteiger partial charge on any atom is -0.486 e. The van der Waals surface area contributed by atoms with Crippen molar-refractivity contribution in [1.29, 1.82) is 5.26 Å². The minimum atomic E-state index is -0.385. The fraction of sp³-hybridized carbons (Fsp3) is 0.280. The number of amides is 1. The molecule has 6 nitrogen and oxygen atoms in total. The molecular formula is C25H23FN2O4. The highest BCUT2D eigenvalue weighted by Crippen LogP contribution is 2.34. The van der Waals surface area contributed by atoms with Crippen LogP contribution < -0.4 is 10.1 Å². The third-order valence-corrected chi connectivity index (χ3v) is 5.72. The quantitative estimate of drug-likeness (QED) is 0.598. The molecule has 1 aliphatic heterocycles. The van der Waals surface area contributed by atoms with E-state index in [1.54, 1.807) is 42.5 Å². The first-order valence-corrected chi connectivity index (χ1v) is 10.4. The molecule has 3 aromatic rings. The first kappa shape index (κ1) is 21.6. The maximum atomic E-state index is 13.8. The summed E-state index contributed by atoms with van der Waals surface area (Å²) in [5.74, 6) is 0.660. The molecule has 0 radical (unpaired) electrons. The molecule has 1 aliphatic rings. The molecule has 1 N–H and O–H groups in total. The largest absolute Gasteiger partial charge is 0.486 e. The van der Waals surface area contributed by atoms with Crippen LogP contribution in [-0.2, 0) is 16.8 Å². The average molecular weight is 434 g/mol. The smallest absolute Gasteiger partial charge is 0.287 e. The Labute approximate surface area is 185 Å². The zero-order chi connectivity index (χ0) is 22.4. The van der Waals surface area contributed by atoms with Gasteiger partial charge in [0.1, 0.15) is 23.9 Å². The number of furan rings is 1. The zero-order valence-electron chi connectivity index (χ0n) is 17.5. The number of benzene rings is 2. The number of halogens is 1. The van der Waals surface area contributed by atoms with Crippen LogP contribution in [0.15, 0.2) is 65.1 Å². The van der Waals surface area contributed by atoms with Gasteiger partial charge in [-0.3, -0.25) is 4.79 Å². The summed E-state index contributed by atoms with van der Waals surface area (Å²) < 4.78 is 30.6. The minimum absolute atomic E-state index is 0.156. The van der Waals surface area contributed by atoms with Gasteiger partial charge in [-0.1, -0.05) is 12.1 Å². The van der Waals surface area contributed by atoms with Crippen LogP contribution in [0.5, 0.6) is 5.75 Å². The van der Waals surface area contributed by atoms with E-state index in [1.807, 2.05) is 6.07 Å². The van der Waals surface area contributed by atoms with Crippen molar-refractivity contribution >= 4 is 5.91 Å². The maximum absolute atomic E-state index is 13.8. The van der Waals surface area contributed by atoms with Gasteiger partial charge in [0.15, 0.2) is 5.76 Å². The van der Waals surface area contributed by atoms with Crippen LogP contribution in [0, 0.1) is 17.1 Å². The monoisotopic (exact) mass is 434 g/mol. The molecule has 0 atom stereocenters. The molecule has 0 bridgehead atoms. The van der Waals surface area contributed by atoms with Gasteiger partial charge in [0.25, 0.3) is 5.91 Å². The molecule has 164 valence electrons. The first-order chi connectivity index (χ1) is 15.6. The van der Waals surface area contributed by atoms with E-state index < -0.39 is 0 Å². The second-order valence-electron chi connectivity index (χ2n) is 7.78. The number of nitrogens with zero attached hydrogens (tertiary/aromatic N) is 1. The van der Waals surface area contributed by atoms with E-state index in [4.69, 9.17) is 19.2 Å². The van der Waals surface area contributed by atoms with Crippen molar-refractivity contribution in [2.75, 3.05) is 19.8 Å². The summed E-state index contributed by atoms with van der Waals surface area (Å²) in [5.41, 5.74) is 1.02. The highest BCUT2D eigenvalue weighted by atomic mass is 19.1. The standard InChI is InChI=1S/C25H23FN2O4/c26-20-3-1-2-19(14-20)25(10-12-30-13-11-25)17-28-24(29)23-9-8-22(32-23)16-31-21-6-4-18(15-27)5-7-21/h1-9,14H,10-13,16-17H2,(H,28,29). The molecule has 2 heterocycles. The van der Waals surface area contributed by atoms with Gasteiger partial charge in [-0.25, -0.2) is 4.39 Å². The summed E-state index contributed by atoms with van der Waals surface area (Å²) in [6, 6.07) is 18.6. The fourth-order valence-corrected chi connectivity index (χ4v) is 3.84. The van der Waals surface area contributed by atoms with E-state index in [9.17, 15) is 9.18 Å². The normalized spacial score (nSPS) is 15.0. The molecule has 0 aliphatic carbocycles. The number of hydrogen-bond acceptors (Lipinski definition) is 5. The summed E-state index contributed by atoms with van der Waals surface area (Å²) >= 11 is 0. The van der Waals surface area contributed by atoms with Gasteiger partial charge in [-0.2, -0.15) is 5.26 Å². The van der Waals surface area contributed by atoms with Crippen LogP contribution in [0.2, 0.25) is 0 Å². The van der Waals surface area contributed by atoms with Gasteiger partial charge >= 0.3 is 0 Å². The third kappa shape index (κ3) is 4.98. The molecule has 1 saturated heterocycles. The van der Waals surface area contributed by atoms with Crippen LogP contribution in [0.3, 0.4) is 0 Å².